The van der Waals surface area contributed by atoms with Crippen molar-refractivity contribution in [1.29, 1.82) is 0 Å². The van der Waals surface area contributed by atoms with Crippen molar-refractivity contribution in [2.24, 2.45) is 5.92 Å². The number of carbonyl (C=O) groups excluding carboxylic acids is 2. The summed E-state index contributed by atoms with van der Waals surface area (Å²) in [6, 6.07) is 4.89. The smallest absolute Gasteiger partial charge is 0.308 e. The topological polar surface area (TPSA) is 95.5 Å². The number of carboxylic acids is 1. The highest BCUT2D eigenvalue weighted by molar-refractivity contribution is 5.98. The number of rotatable bonds is 3. The zero-order valence-electron chi connectivity index (χ0n) is 14.2. The van der Waals surface area contributed by atoms with E-state index in [-0.39, 0.29) is 17.9 Å². The van der Waals surface area contributed by atoms with Gasteiger partial charge in [0.15, 0.2) is 0 Å². The molecule has 1 saturated carbocycles. The van der Waals surface area contributed by atoms with Gasteiger partial charge in [-0.3, -0.25) is 14.4 Å². The molecule has 1 aromatic rings. The maximum Gasteiger partial charge on any atom is 0.308 e. The molecule has 0 radical (unpaired) electrons. The second-order valence-electron chi connectivity index (χ2n) is 6.94. The lowest BCUT2D eigenvalue weighted by Gasteiger charge is -2.27. The molecule has 0 aromatic heterocycles. The van der Waals surface area contributed by atoms with Crippen molar-refractivity contribution in [3.8, 4) is 0 Å². The summed E-state index contributed by atoms with van der Waals surface area (Å²) in [5.41, 5.74) is 2.21. The second-order valence-corrected chi connectivity index (χ2v) is 6.94. The van der Waals surface area contributed by atoms with Crippen LogP contribution in [0.4, 0.5) is 5.69 Å². The maximum absolute atomic E-state index is 12.6. The Balaban J connectivity index is 1.73. The number of amides is 2. The van der Waals surface area contributed by atoms with Crippen LogP contribution < -0.4 is 10.6 Å². The van der Waals surface area contributed by atoms with E-state index in [1.807, 2.05) is 0 Å². The number of nitrogens with one attached hydrogen (secondary N) is 2. The van der Waals surface area contributed by atoms with E-state index in [0.29, 0.717) is 31.2 Å². The van der Waals surface area contributed by atoms with E-state index >= 15 is 0 Å². The number of anilines is 1. The Hall–Kier alpha value is -2.37. The molecular weight excluding hydrogens is 320 g/mol. The molecule has 1 fully saturated rings. The molecule has 6 heteroatoms. The number of carbonyl (C=O) groups is 3. The second kappa shape index (κ2) is 7.68. The van der Waals surface area contributed by atoms with Crippen LogP contribution in [0.15, 0.2) is 18.2 Å². The lowest BCUT2D eigenvalue weighted by atomic mass is 9.86. The van der Waals surface area contributed by atoms with Crippen LogP contribution in [0.2, 0.25) is 0 Å². The predicted octanol–water partition coefficient (Wildman–Crippen LogP) is 2.72. The van der Waals surface area contributed by atoms with E-state index in [2.05, 4.69) is 10.6 Å². The highest BCUT2D eigenvalue weighted by Gasteiger charge is 2.30. The molecule has 1 aliphatic carbocycles. The van der Waals surface area contributed by atoms with Crippen LogP contribution in [0.25, 0.3) is 0 Å². The Morgan fingerprint density at radius 3 is 2.60 bits per heavy atom. The van der Waals surface area contributed by atoms with Gasteiger partial charge in [0.05, 0.1) is 5.92 Å². The minimum atomic E-state index is -0.833. The van der Waals surface area contributed by atoms with Gasteiger partial charge in [0.1, 0.15) is 0 Å². The third-order valence-electron chi connectivity index (χ3n) is 5.16. The molecule has 3 N–H and O–H groups in total. The molecular formula is C19H24N2O4. The van der Waals surface area contributed by atoms with Crippen LogP contribution in [-0.2, 0) is 16.0 Å². The van der Waals surface area contributed by atoms with Gasteiger partial charge in [-0.1, -0.05) is 25.7 Å². The van der Waals surface area contributed by atoms with Crippen LogP contribution in [0, 0.1) is 5.92 Å². The summed E-state index contributed by atoms with van der Waals surface area (Å²) >= 11 is 0. The number of hydrogen-bond donors (Lipinski definition) is 3. The number of benzene rings is 1. The van der Waals surface area contributed by atoms with E-state index in [1.54, 1.807) is 18.2 Å². The molecule has 0 spiro atoms. The molecule has 1 aliphatic heterocycles. The fraction of sp³-hybridized carbons (Fsp3) is 0.526. The van der Waals surface area contributed by atoms with Gasteiger partial charge in [0, 0.05) is 23.7 Å². The van der Waals surface area contributed by atoms with Gasteiger partial charge < -0.3 is 15.7 Å². The fourth-order valence-corrected chi connectivity index (χ4v) is 3.73. The molecule has 1 heterocycles. The van der Waals surface area contributed by atoms with Gasteiger partial charge in [-0.25, -0.2) is 0 Å². The van der Waals surface area contributed by atoms with E-state index < -0.39 is 11.9 Å². The summed E-state index contributed by atoms with van der Waals surface area (Å²) in [5.74, 6) is -1.61. The molecule has 1 aromatic carbocycles. The van der Waals surface area contributed by atoms with Crippen molar-refractivity contribution in [1.82, 2.24) is 5.32 Å². The molecule has 0 saturated heterocycles. The Morgan fingerprint density at radius 2 is 1.84 bits per heavy atom. The van der Waals surface area contributed by atoms with Crippen molar-refractivity contribution >= 4 is 23.5 Å². The van der Waals surface area contributed by atoms with Crippen molar-refractivity contribution in [2.45, 2.75) is 57.4 Å². The van der Waals surface area contributed by atoms with Gasteiger partial charge in [0.2, 0.25) is 5.91 Å². The standard InChI is InChI=1S/C19H24N2O4/c22-17-10-8-12-11-13(7-9-15(12)20-17)18(23)21-16-6-4-2-1-3-5-14(16)19(24)25/h7,9,11,14,16H,1-6,8,10H2,(H,20,22)(H,21,23)(H,24,25). The first kappa shape index (κ1) is 17.5. The average Bonchev–Trinajstić information content (AvgIpc) is 2.56. The molecule has 2 unspecified atom stereocenters. The normalized spacial score (nSPS) is 23.6. The van der Waals surface area contributed by atoms with Crippen LogP contribution in [0.1, 0.15) is 60.9 Å². The summed E-state index contributed by atoms with van der Waals surface area (Å²) in [7, 11) is 0. The third-order valence-corrected chi connectivity index (χ3v) is 5.16. The molecule has 134 valence electrons. The van der Waals surface area contributed by atoms with Crippen molar-refractivity contribution in [3.63, 3.8) is 0 Å². The summed E-state index contributed by atoms with van der Waals surface area (Å²) in [6.45, 7) is 0. The van der Waals surface area contributed by atoms with Gasteiger partial charge in [-0.05, 0) is 43.0 Å². The lowest BCUT2D eigenvalue weighted by Crippen LogP contribution is -2.44. The predicted molar refractivity (Wildman–Crippen MR) is 93.5 cm³/mol. The summed E-state index contributed by atoms with van der Waals surface area (Å²) < 4.78 is 0. The first-order chi connectivity index (χ1) is 12.0. The molecule has 2 amide bonds. The first-order valence-corrected chi connectivity index (χ1v) is 9.01. The summed E-state index contributed by atoms with van der Waals surface area (Å²) in [4.78, 5) is 35.6. The highest BCUT2D eigenvalue weighted by atomic mass is 16.4. The van der Waals surface area contributed by atoms with Crippen molar-refractivity contribution in [2.75, 3.05) is 5.32 Å². The maximum atomic E-state index is 12.6. The van der Waals surface area contributed by atoms with Gasteiger partial charge >= 0.3 is 5.97 Å². The molecule has 6 nitrogen and oxygen atoms in total. The highest BCUT2D eigenvalue weighted by Crippen LogP contribution is 2.26. The third kappa shape index (κ3) is 4.18. The summed E-state index contributed by atoms with van der Waals surface area (Å²) in [6.07, 6.45) is 6.30. The average molecular weight is 344 g/mol. The SMILES string of the molecule is O=C1CCc2cc(C(=O)NC3CCCCCCC3C(=O)O)ccc2N1. The van der Waals surface area contributed by atoms with E-state index in [9.17, 15) is 19.5 Å². The Morgan fingerprint density at radius 1 is 1.08 bits per heavy atom. The Labute approximate surface area is 147 Å². The zero-order chi connectivity index (χ0) is 17.8. The van der Waals surface area contributed by atoms with E-state index in [1.165, 1.54) is 0 Å². The first-order valence-electron chi connectivity index (χ1n) is 9.01. The number of aryl methyl sites for hydroxylation is 1. The molecule has 3 rings (SSSR count). The van der Waals surface area contributed by atoms with Gasteiger partial charge in [0.25, 0.3) is 5.91 Å². The number of aliphatic carboxylic acids is 1. The van der Waals surface area contributed by atoms with Gasteiger partial charge in [-0.2, -0.15) is 0 Å². The van der Waals surface area contributed by atoms with E-state index in [4.69, 9.17) is 0 Å². The van der Waals surface area contributed by atoms with Crippen LogP contribution in [-0.4, -0.2) is 28.9 Å². The summed E-state index contributed by atoms with van der Waals surface area (Å²) in [5, 5.41) is 15.2. The minimum absolute atomic E-state index is 0.0106. The monoisotopic (exact) mass is 344 g/mol. The van der Waals surface area contributed by atoms with Crippen LogP contribution in [0.5, 0.6) is 0 Å². The molecule has 2 atom stereocenters. The molecule has 25 heavy (non-hydrogen) atoms. The van der Waals surface area contributed by atoms with Crippen molar-refractivity contribution < 1.29 is 19.5 Å². The number of fused-ring (bicyclic) bond motifs is 1. The molecule has 2 aliphatic rings. The molecule has 0 bridgehead atoms. The van der Waals surface area contributed by atoms with Gasteiger partial charge in [-0.15, -0.1) is 0 Å². The minimum Gasteiger partial charge on any atom is -0.481 e. The largest absolute Gasteiger partial charge is 0.481 e. The zero-order valence-corrected chi connectivity index (χ0v) is 14.2. The number of carboxylic acid groups (broad SMARTS) is 1. The Bertz CT molecular complexity index is 686. The van der Waals surface area contributed by atoms with Crippen LogP contribution >= 0.6 is 0 Å². The Kier molecular flexibility index (Phi) is 5.36. The quantitative estimate of drug-likeness (QED) is 0.785. The number of hydrogen-bond acceptors (Lipinski definition) is 3. The lowest BCUT2D eigenvalue weighted by molar-refractivity contribution is -0.143. The van der Waals surface area contributed by atoms with E-state index in [0.717, 1.165) is 36.9 Å². The van der Waals surface area contributed by atoms with Crippen molar-refractivity contribution in [3.05, 3.63) is 29.3 Å². The van der Waals surface area contributed by atoms with Crippen LogP contribution in [0.3, 0.4) is 0 Å². The fourth-order valence-electron chi connectivity index (χ4n) is 3.73.